The Morgan fingerprint density at radius 1 is 0.806 bits per heavy atom. The van der Waals surface area contributed by atoms with E-state index in [9.17, 15) is 0 Å². The van der Waals surface area contributed by atoms with Crippen LogP contribution in [-0.4, -0.2) is 63.2 Å². The molecule has 2 aliphatic rings. The Bertz CT molecular complexity index is 812. The molecule has 0 bridgehead atoms. The zero-order chi connectivity index (χ0) is 21.5. The van der Waals surface area contributed by atoms with Gasteiger partial charge in [0, 0.05) is 46.0 Å². The number of ether oxygens (including phenoxy) is 1. The molecule has 2 heterocycles. The van der Waals surface area contributed by atoms with Gasteiger partial charge < -0.3 is 14.5 Å². The molecule has 4 nitrogen and oxygen atoms in total. The van der Waals surface area contributed by atoms with Gasteiger partial charge in [-0.15, -0.1) is 0 Å². The highest BCUT2D eigenvalue weighted by Crippen LogP contribution is 2.23. The largest absolute Gasteiger partial charge is 0.494 e. The summed E-state index contributed by atoms with van der Waals surface area (Å²) in [5, 5.41) is 0. The molecule has 0 atom stereocenters. The minimum Gasteiger partial charge on any atom is -0.494 e. The van der Waals surface area contributed by atoms with Gasteiger partial charge in [0.25, 0.3) is 0 Å². The lowest BCUT2D eigenvalue weighted by Gasteiger charge is -2.26. The first-order valence-corrected chi connectivity index (χ1v) is 12.1. The van der Waals surface area contributed by atoms with Gasteiger partial charge in [0.1, 0.15) is 5.75 Å². The van der Waals surface area contributed by atoms with Crippen molar-refractivity contribution in [1.82, 2.24) is 9.80 Å². The van der Waals surface area contributed by atoms with Crippen LogP contribution in [-0.2, 0) is 19.4 Å². The molecule has 31 heavy (non-hydrogen) atoms. The van der Waals surface area contributed by atoms with E-state index in [0.717, 1.165) is 51.3 Å². The SMILES string of the molecule is CN(C)c1ccc(CN2CCc3ccc(OCCCN4CCCCC4)cc3CC2)cc1. The van der Waals surface area contributed by atoms with Crippen LogP contribution in [0.4, 0.5) is 5.69 Å². The third-order valence-electron chi connectivity index (χ3n) is 6.77. The Labute approximate surface area is 188 Å². The highest BCUT2D eigenvalue weighted by atomic mass is 16.5. The fourth-order valence-electron chi connectivity index (χ4n) is 4.81. The first-order chi connectivity index (χ1) is 15.2. The number of rotatable bonds is 8. The van der Waals surface area contributed by atoms with Crippen LogP contribution in [0.2, 0.25) is 0 Å². The summed E-state index contributed by atoms with van der Waals surface area (Å²) in [6.45, 7) is 7.81. The van der Waals surface area contributed by atoms with E-state index in [1.54, 1.807) is 0 Å². The maximum absolute atomic E-state index is 6.11. The van der Waals surface area contributed by atoms with Crippen LogP contribution in [0, 0.1) is 0 Å². The maximum Gasteiger partial charge on any atom is 0.119 e. The summed E-state index contributed by atoms with van der Waals surface area (Å²) in [6.07, 6.45) is 7.49. The molecule has 1 fully saturated rings. The van der Waals surface area contributed by atoms with Gasteiger partial charge in [-0.25, -0.2) is 0 Å². The second-order valence-electron chi connectivity index (χ2n) is 9.37. The summed E-state index contributed by atoms with van der Waals surface area (Å²) in [7, 11) is 4.18. The Balaban J connectivity index is 1.25. The summed E-state index contributed by atoms with van der Waals surface area (Å²) >= 11 is 0. The van der Waals surface area contributed by atoms with Crippen LogP contribution < -0.4 is 9.64 Å². The molecule has 168 valence electrons. The first kappa shape index (κ1) is 22.2. The van der Waals surface area contributed by atoms with E-state index in [-0.39, 0.29) is 0 Å². The minimum absolute atomic E-state index is 0.824. The smallest absolute Gasteiger partial charge is 0.119 e. The molecule has 0 saturated carbocycles. The molecule has 0 aromatic heterocycles. The van der Waals surface area contributed by atoms with Crippen LogP contribution in [0.5, 0.6) is 5.75 Å². The number of hydrogen-bond acceptors (Lipinski definition) is 4. The first-order valence-electron chi connectivity index (χ1n) is 12.1. The van der Waals surface area contributed by atoms with Crippen LogP contribution in [0.15, 0.2) is 42.5 Å². The molecule has 0 aliphatic carbocycles. The normalized spacial score (nSPS) is 17.7. The lowest BCUT2D eigenvalue weighted by molar-refractivity contribution is 0.205. The molecule has 0 spiro atoms. The summed E-state index contributed by atoms with van der Waals surface area (Å²) < 4.78 is 6.11. The van der Waals surface area contributed by atoms with Gasteiger partial charge in [0.05, 0.1) is 6.61 Å². The molecule has 2 aromatic rings. The fraction of sp³-hybridized carbons (Fsp3) is 0.556. The third kappa shape index (κ3) is 6.47. The highest BCUT2D eigenvalue weighted by Gasteiger charge is 2.15. The number of nitrogens with zero attached hydrogens (tertiary/aromatic N) is 3. The van der Waals surface area contributed by atoms with Crippen molar-refractivity contribution in [3.05, 3.63) is 59.2 Å². The minimum atomic E-state index is 0.824. The number of likely N-dealkylation sites (tertiary alicyclic amines) is 1. The Morgan fingerprint density at radius 3 is 2.29 bits per heavy atom. The molecule has 2 aliphatic heterocycles. The Hall–Kier alpha value is -2.04. The van der Waals surface area contributed by atoms with E-state index in [4.69, 9.17) is 4.74 Å². The van der Waals surface area contributed by atoms with E-state index in [1.807, 2.05) is 0 Å². The van der Waals surface area contributed by atoms with Gasteiger partial charge in [0.15, 0.2) is 0 Å². The second kappa shape index (κ2) is 11.0. The van der Waals surface area contributed by atoms with Gasteiger partial charge in [-0.3, -0.25) is 4.90 Å². The van der Waals surface area contributed by atoms with E-state index in [1.165, 1.54) is 61.3 Å². The summed E-state index contributed by atoms with van der Waals surface area (Å²) in [4.78, 5) is 7.33. The highest BCUT2D eigenvalue weighted by molar-refractivity contribution is 5.46. The van der Waals surface area contributed by atoms with Gasteiger partial charge in [-0.05, 0) is 86.1 Å². The van der Waals surface area contributed by atoms with E-state index < -0.39 is 0 Å². The predicted molar refractivity (Wildman–Crippen MR) is 130 cm³/mol. The van der Waals surface area contributed by atoms with Crippen molar-refractivity contribution in [2.75, 3.05) is 58.3 Å². The summed E-state index contributed by atoms with van der Waals surface area (Å²) in [6, 6.07) is 15.7. The fourth-order valence-corrected chi connectivity index (χ4v) is 4.81. The van der Waals surface area contributed by atoms with Crippen molar-refractivity contribution in [2.45, 2.75) is 45.1 Å². The van der Waals surface area contributed by atoms with Crippen LogP contribution in [0.1, 0.15) is 42.4 Å². The lowest BCUT2D eigenvalue weighted by atomic mass is 10.0. The van der Waals surface area contributed by atoms with Crippen molar-refractivity contribution in [3.63, 3.8) is 0 Å². The van der Waals surface area contributed by atoms with Crippen molar-refractivity contribution in [1.29, 1.82) is 0 Å². The molecule has 1 saturated heterocycles. The van der Waals surface area contributed by atoms with E-state index in [2.05, 4.69) is 71.3 Å². The average molecular weight is 422 g/mol. The Morgan fingerprint density at radius 2 is 1.55 bits per heavy atom. The molecule has 0 unspecified atom stereocenters. The van der Waals surface area contributed by atoms with E-state index in [0.29, 0.717) is 0 Å². The molecule has 0 N–H and O–H groups in total. The van der Waals surface area contributed by atoms with Gasteiger partial charge >= 0.3 is 0 Å². The molecular formula is C27H39N3O. The number of piperidine rings is 1. The zero-order valence-corrected chi connectivity index (χ0v) is 19.5. The summed E-state index contributed by atoms with van der Waals surface area (Å²) in [5.74, 6) is 1.05. The van der Waals surface area contributed by atoms with Crippen LogP contribution in [0.25, 0.3) is 0 Å². The number of benzene rings is 2. The van der Waals surface area contributed by atoms with Crippen molar-refractivity contribution < 1.29 is 4.74 Å². The molecule has 2 aromatic carbocycles. The number of fused-ring (bicyclic) bond motifs is 1. The molecule has 0 amide bonds. The van der Waals surface area contributed by atoms with E-state index >= 15 is 0 Å². The standard InChI is InChI=1S/C27H39N3O/c1-28(2)26-10-7-23(8-11-26)22-30-18-13-24-9-12-27(21-25(24)14-19-30)31-20-6-17-29-15-4-3-5-16-29/h7-12,21H,3-6,13-20,22H2,1-2H3. The maximum atomic E-state index is 6.11. The molecular weight excluding hydrogens is 382 g/mol. The summed E-state index contributed by atoms with van der Waals surface area (Å²) in [5.41, 5.74) is 5.62. The van der Waals surface area contributed by atoms with Gasteiger partial charge in [0.2, 0.25) is 0 Å². The van der Waals surface area contributed by atoms with Crippen molar-refractivity contribution in [2.24, 2.45) is 0 Å². The molecule has 4 heteroatoms. The lowest BCUT2D eigenvalue weighted by Crippen LogP contribution is -2.31. The number of hydrogen-bond donors (Lipinski definition) is 0. The second-order valence-corrected chi connectivity index (χ2v) is 9.37. The zero-order valence-electron chi connectivity index (χ0n) is 19.5. The van der Waals surface area contributed by atoms with Gasteiger partial charge in [-0.1, -0.05) is 24.6 Å². The predicted octanol–water partition coefficient (Wildman–Crippen LogP) is 4.61. The number of anilines is 1. The Kier molecular flexibility index (Phi) is 7.87. The van der Waals surface area contributed by atoms with Crippen LogP contribution >= 0.6 is 0 Å². The third-order valence-corrected chi connectivity index (χ3v) is 6.77. The molecule has 0 radical (unpaired) electrons. The quantitative estimate of drug-likeness (QED) is 0.580. The molecule has 4 rings (SSSR count). The average Bonchev–Trinajstić information content (AvgIpc) is 3.00. The van der Waals surface area contributed by atoms with Gasteiger partial charge in [-0.2, -0.15) is 0 Å². The topological polar surface area (TPSA) is 19.0 Å². The monoisotopic (exact) mass is 421 g/mol. The van der Waals surface area contributed by atoms with Crippen LogP contribution in [0.3, 0.4) is 0 Å². The van der Waals surface area contributed by atoms with Crippen molar-refractivity contribution >= 4 is 5.69 Å². The van der Waals surface area contributed by atoms with Crippen molar-refractivity contribution in [3.8, 4) is 5.75 Å².